The topological polar surface area (TPSA) is 100 Å². The number of hydrogen-bond acceptors (Lipinski definition) is 7. The highest BCUT2D eigenvalue weighted by atomic mass is 32.2. The van der Waals surface area contributed by atoms with Crippen LogP contribution in [0.2, 0.25) is 0 Å². The van der Waals surface area contributed by atoms with Gasteiger partial charge in [0, 0.05) is 17.7 Å². The maximum Gasteiger partial charge on any atom is 0.269 e. The summed E-state index contributed by atoms with van der Waals surface area (Å²) in [7, 11) is 0. The second-order valence-electron chi connectivity index (χ2n) is 9.84. The Balaban J connectivity index is 1.19. The standard InChI is InChI=1S/C35H26N4O4S/c40-33(29-13-11-27(12-14-29)25-7-3-1-4-8-25)24-44-35-37-36-34(38(35)30-17-19-31(20-18-30)39(41)42)23-43-32-21-15-28(16-22-32)26-9-5-2-6-10-26/h1-22H,23-24H2. The first kappa shape index (κ1) is 28.6. The van der Waals surface area contributed by atoms with E-state index in [1.807, 2.05) is 109 Å². The maximum absolute atomic E-state index is 13.1. The van der Waals surface area contributed by atoms with Gasteiger partial charge in [-0.15, -0.1) is 10.2 Å². The van der Waals surface area contributed by atoms with Gasteiger partial charge in [0.05, 0.1) is 16.4 Å². The fourth-order valence-corrected chi connectivity index (χ4v) is 5.55. The molecule has 0 radical (unpaired) electrons. The van der Waals surface area contributed by atoms with Gasteiger partial charge in [0.1, 0.15) is 12.4 Å². The number of nitrogens with zero attached hydrogens (tertiary/aromatic N) is 4. The molecule has 9 heteroatoms. The quantitative estimate of drug-likeness (QED) is 0.0643. The Kier molecular flexibility index (Phi) is 8.56. The van der Waals surface area contributed by atoms with Gasteiger partial charge in [-0.25, -0.2) is 0 Å². The molecule has 6 aromatic rings. The molecule has 0 atom stereocenters. The van der Waals surface area contributed by atoms with E-state index in [0.717, 1.165) is 22.3 Å². The molecule has 0 unspecified atom stereocenters. The number of ether oxygens (including phenoxy) is 1. The summed E-state index contributed by atoms with van der Waals surface area (Å²) in [5, 5.41) is 20.4. The van der Waals surface area contributed by atoms with Crippen LogP contribution in [-0.4, -0.2) is 31.2 Å². The van der Waals surface area contributed by atoms with Crippen molar-refractivity contribution in [3.63, 3.8) is 0 Å². The molecule has 0 bridgehead atoms. The highest BCUT2D eigenvalue weighted by Crippen LogP contribution is 2.27. The smallest absolute Gasteiger partial charge is 0.269 e. The molecular formula is C35H26N4O4S. The number of nitro groups is 1. The number of aromatic nitrogens is 3. The summed E-state index contributed by atoms with van der Waals surface area (Å²) in [6.45, 7) is 0.101. The van der Waals surface area contributed by atoms with Crippen LogP contribution in [0.15, 0.2) is 139 Å². The summed E-state index contributed by atoms with van der Waals surface area (Å²) in [6.07, 6.45) is 0. The molecule has 0 saturated heterocycles. The van der Waals surface area contributed by atoms with Crippen molar-refractivity contribution in [2.24, 2.45) is 0 Å². The Morgan fingerprint density at radius 2 is 1.25 bits per heavy atom. The minimum absolute atomic E-state index is 0.0264. The third-order valence-electron chi connectivity index (χ3n) is 6.99. The minimum Gasteiger partial charge on any atom is -0.486 e. The lowest BCUT2D eigenvalue weighted by molar-refractivity contribution is -0.384. The zero-order valence-corrected chi connectivity index (χ0v) is 24.3. The lowest BCUT2D eigenvalue weighted by Crippen LogP contribution is -2.08. The van der Waals surface area contributed by atoms with Crippen molar-refractivity contribution < 1.29 is 14.5 Å². The Labute approximate surface area is 258 Å². The number of hydrogen-bond donors (Lipinski definition) is 0. The predicted octanol–water partition coefficient (Wildman–Crippen LogP) is 8.06. The number of nitro benzene ring substituents is 1. The number of ketones is 1. The molecule has 0 aliphatic rings. The molecular weight excluding hydrogens is 572 g/mol. The van der Waals surface area contributed by atoms with Gasteiger partial charge >= 0.3 is 0 Å². The van der Waals surface area contributed by atoms with Gasteiger partial charge in [0.2, 0.25) is 0 Å². The van der Waals surface area contributed by atoms with Gasteiger partial charge in [0.25, 0.3) is 5.69 Å². The first-order valence-electron chi connectivity index (χ1n) is 13.8. The zero-order chi connectivity index (χ0) is 30.3. The summed E-state index contributed by atoms with van der Waals surface area (Å²) in [6, 6.07) is 41.5. The predicted molar refractivity (Wildman–Crippen MR) is 171 cm³/mol. The van der Waals surface area contributed by atoms with Crippen molar-refractivity contribution in [1.29, 1.82) is 0 Å². The third kappa shape index (κ3) is 6.58. The summed E-state index contributed by atoms with van der Waals surface area (Å²) < 4.78 is 7.82. The second kappa shape index (κ2) is 13.2. The molecule has 0 N–H and O–H groups in total. The van der Waals surface area contributed by atoms with Crippen molar-refractivity contribution in [3.8, 4) is 33.7 Å². The number of Topliss-reactive ketones (excluding diaryl/α,β-unsaturated/α-hetero) is 1. The van der Waals surface area contributed by atoms with Crippen LogP contribution in [0.1, 0.15) is 16.2 Å². The number of non-ortho nitro benzene ring substituents is 1. The molecule has 1 aromatic heterocycles. The number of thioether (sulfide) groups is 1. The normalized spacial score (nSPS) is 10.8. The van der Waals surface area contributed by atoms with Crippen molar-refractivity contribution >= 4 is 23.2 Å². The molecule has 0 saturated carbocycles. The lowest BCUT2D eigenvalue weighted by atomic mass is 10.0. The summed E-state index contributed by atoms with van der Waals surface area (Å²) in [5.74, 6) is 1.24. The number of carbonyl (C=O) groups is 1. The van der Waals surface area contributed by atoms with Crippen molar-refractivity contribution in [2.45, 2.75) is 11.8 Å². The van der Waals surface area contributed by atoms with E-state index in [-0.39, 0.29) is 23.8 Å². The molecule has 0 aliphatic carbocycles. The first-order valence-corrected chi connectivity index (χ1v) is 14.8. The molecule has 6 rings (SSSR count). The van der Waals surface area contributed by atoms with E-state index in [2.05, 4.69) is 10.2 Å². The molecule has 0 aliphatic heterocycles. The monoisotopic (exact) mass is 598 g/mol. The van der Waals surface area contributed by atoms with Crippen LogP contribution in [0.25, 0.3) is 27.9 Å². The van der Waals surface area contributed by atoms with Gasteiger partial charge in [-0.05, 0) is 46.5 Å². The summed E-state index contributed by atoms with van der Waals surface area (Å²) >= 11 is 1.25. The fraction of sp³-hybridized carbons (Fsp3) is 0.0571. The van der Waals surface area contributed by atoms with Crippen molar-refractivity contribution in [2.75, 3.05) is 5.75 Å². The Bertz CT molecular complexity index is 1870. The van der Waals surface area contributed by atoms with Crippen molar-refractivity contribution in [1.82, 2.24) is 14.8 Å². The average molecular weight is 599 g/mol. The molecule has 44 heavy (non-hydrogen) atoms. The average Bonchev–Trinajstić information content (AvgIpc) is 3.50. The molecule has 0 fully saturated rings. The van der Waals surface area contributed by atoms with E-state index in [4.69, 9.17) is 4.74 Å². The second-order valence-corrected chi connectivity index (χ2v) is 10.8. The Morgan fingerprint density at radius 1 is 0.705 bits per heavy atom. The Morgan fingerprint density at radius 3 is 1.82 bits per heavy atom. The van der Waals surface area contributed by atoms with E-state index in [0.29, 0.717) is 28.0 Å². The molecule has 8 nitrogen and oxygen atoms in total. The first-order chi connectivity index (χ1) is 21.5. The zero-order valence-electron chi connectivity index (χ0n) is 23.4. The van der Waals surface area contributed by atoms with E-state index >= 15 is 0 Å². The molecule has 1 heterocycles. The van der Waals surface area contributed by atoms with Gasteiger partial charge in [-0.3, -0.25) is 19.5 Å². The molecule has 5 aromatic carbocycles. The van der Waals surface area contributed by atoms with Crippen LogP contribution in [0, 0.1) is 10.1 Å². The van der Waals surface area contributed by atoms with E-state index in [1.165, 1.54) is 23.9 Å². The van der Waals surface area contributed by atoms with Crippen LogP contribution >= 0.6 is 11.8 Å². The third-order valence-corrected chi connectivity index (χ3v) is 7.92. The maximum atomic E-state index is 13.1. The van der Waals surface area contributed by atoms with Crippen LogP contribution in [-0.2, 0) is 6.61 Å². The van der Waals surface area contributed by atoms with E-state index in [9.17, 15) is 14.9 Å². The minimum atomic E-state index is -0.448. The number of benzene rings is 5. The van der Waals surface area contributed by atoms with Gasteiger partial charge in [0.15, 0.2) is 16.8 Å². The highest BCUT2D eigenvalue weighted by Gasteiger charge is 2.18. The number of rotatable bonds is 11. The largest absolute Gasteiger partial charge is 0.486 e. The summed E-state index contributed by atoms with van der Waals surface area (Å²) in [4.78, 5) is 23.9. The van der Waals surface area contributed by atoms with Gasteiger partial charge in [-0.1, -0.05) is 109 Å². The fourth-order valence-electron chi connectivity index (χ4n) is 4.68. The molecule has 0 spiro atoms. The van der Waals surface area contributed by atoms with Gasteiger partial charge < -0.3 is 4.74 Å². The van der Waals surface area contributed by atoms with Crippen LogP contribution in [0.4, 0.5) is 5.69 Å². The SMILES string of the molecule is O=C(CSc1nnc(COc2ccc(-c3ccccc3)cc2)n1-c1ccc([N+](=O)[O-])cc1)c1ccc(-c2ccccc2)cc1. The van der Waals surface area contributed by atoms with Crippen LogP contribution in [0.5, 0.6) is 5.75 Å². The lowest BCUT2D eigenvalue weighted by Gasteiger charge is -2.11. The molecule has 216 valence electrons. The highest BCUT2D eigenvalue weighted by molar-refractivity contribution is 7.99. The van der Waals surface area contributed by atoms with E-state index < -0.39 is 4.92 Å². The summed E-state index contributed by atoms with van der Waals surface area (Å²) in [5.41, 5.74) is 5.50. The van der Waals surface area contributed by atoms with E-state index in [1.54, 1.807) is 16.7 Å². The van der Waals surface area contributed by atoms with Crippen LogP contribution < -0.4 is 4.74 Å². The van der Waals surface area contributed by atoms with Gasteiger partial charge in [-0.2, -0.15) is 0 Å². The van der Waals surface area contributed by atoms with Crippen molar-refractivity contribution in [3.05, 3.63) is 155 Å². The Hall–Kier alpha value is -5.54. The van der Waals surface area contributed by atoms with Crippen LogP contribution in [0.3, 0.4) is 0 Å². The molecule has 0 amide bonds. The number of carbonyl (C=O) groups excluding carboxylic acids is 1.